The lowest BCUT2D eigenvalue weighted by Crippen LogP contribution is -2.47. The first-order valence-corrected chi connectivity index (χ1v) is 14.6. The standard InChI is InChI=1S/C32H43N3O6/c1-6-22(2)28(33-31(37)40-32(3,4)5)30(36)41-34-29(26-18-20-27(21-19-26)35(38)39)25-16-14-24(15-17-25)23-12-10-8-7-9-11-13-23/h14-23,28H,6-13H2,1-5H3,(H,33,37)/b34-29-/t22?,28-/m0/s1. The summed E-state index contributed by atoms with van der Waals surface area (Å²) < 4.78 is 5.33. The number of benzene rings is 2. The topological polar surface area (TPSA) is 120 Å². The van der Waals surface area contributed by atoms with Gasteiger partial charge in [-0.1, -0.05) is 81.8 Å². The van der Waals surface area contributed by atoms with Gasteiger partial charge in [-0.05, 0) is 63.1 Å². The van der Waals surface area contributed by atoms with Crippen molar-refractivity contribution in [1.82, 2.24) is 5.32 Å². The molecule has 1 amide bonds. The van der Waals surface area contributed by atoms with Gasteiger partial charge in [-0.15, -0.1) is 0 Å². The van der Waals surface area contributed by atoms with Gasteiger partial charge in [0.2, 0.25) is 0 Å². The molecular formula is C32H43N3O6. The van der Waals surface area contributed by atoms with E-state index in [9.17, 15) is 19.7 Å². The molecule has 0 bridgehead atoms. The Morgan fingerprint density at radius 2 is 1.51 bits per heavy atom. The minimum absolute atomic E-state index is 0.0527. The van der Waals surface area contributed by atoms with E-state index in [4.69, 9.17) is 9.57 Å². The van der Waals surface area contributed by atoms with Crippen molar-refractivity contribution in [3.05, 3.63) is 75.3 Å². The van der Waals surface area contributed by atoms with E-state index in [1.54, 1.807) is 32.9 Å². The van der Waals surface area contributed by atoms with E-state index >= 15 is 0 Å². The van der Waals surface area contributed by atoms with Gasteiger partial charge in [0.1, 0.15) is 17.4 Å². The number of nitrogens with zero attached hydrogens (tertiary/aromatic N) is 2. The molecule has 0 radical (unpaired) electrons. The molecule has 1 N–H and O–H groups in total. The molecule has 2 aromatic carbocycles. The van der Waals surface area contributed by atoms with E-state index in [-0.39, 0.29) is 11.6 Å². The molecule has 0 saturated heterocycles. The fourth-order valence-corrected chi connectivity index (χ4v) is 4.97. The van der Waals surface area contributed by atoms with Crippen LogP contribution in [0.2, 0.25) is 0 Å². The van der Waals surface area contributed by atoms with Gasteiger partial charge in [0, 0.05) is 23.3 Å². The number of nitro groups is 1. The van der Waals surface area contributed by atoms with Crippen molar-refractivity contribution >= 4 is 23.5 Å². The van der Waals surface area contributed by atoms with Crippen LogP contribution in [-0.2, 0) is 14.4 Å². The Bertz CT molecular complexity index is 1190. The number of carbonyl (C=O) groups is 2. The van der Waals surface area contributed by atoms with Crippen molar-refractivity contribution in [2.45, 2.75) is 104 Å². The van der Waals surface area contributed by atoms with E-state index in [0.717, 1.165) is 0 Å². The van der Waals surface area contributed by atoms with Gasteiger partial charge in [0.05, 0.1) is 4.92 Å². The summed E-state index contributed by atoms with van der Waals surface area (Å²) >= 11 is 0. The number of carbonyl (C=O) groups excluding carboxylic acids is 2. The first kappa shape index (κ1) is 31.8. The van der Waals surface area contributed by atoms with Gasteiger partial charge >= 0.3 is 12.1 Å². The molecule has 0 heterocycles. The quantitative estimate of drug-likeness (QED) is 0.144. The highest BCUT2D eigenvalue weighted by atomic mass is 16.7. The van der Waals surface area contributed by atoms with Gasteiger partial charge in [0.15, 0.2) is 0 Å². The summed E-state index contributed by atoms with van der Waals surface area (Å²) in [6.45, 7) is 8.97. The molecule has 2 aromatic rings. The van der Waals surface area contributed by atoms with Crippen molar-refractivity contribution in [1.29, 1.82) is 0 Å². The molecular weight excluding hydrogens is 522 g/mol. The zero-order valence-electron chi connectivity index (χ0n) is 24.9. The SMILES string of the molecule is CCC(C)[C@H](NC(=O)OC(C)(C)C)C(=O)O/N=C(/c1ccc(C2CCCCCCC2)cc1)c1ccc([N+](=O)[O-])cc1. The van der Waals surface area contributed by atoms with Crippen LogP contribution in [0, 0.1) is 16.0 Å². The highest BCUT2D eigenvalue weighted by Gasteiger charge is 2.30. The second-order valence-corrected chi connectivity index (χ2v) is 11.8. The predicted octanol–water partition coefficient (Wildman–Crippen LogP) is 7.66. The molecule has 1 aliphatic rings. The zero-order valence-corrected chi connectivity index (χ0v) is 24.9. The largest absolute Gasteiger partial charge is 0.444 e. The van der Waals surface area contributed by atoms with Crippen molar-refractivity contribution in [2.75, 3.05) is 0 Å². The predicted molar refractivity (Wildman–Crippen MR) is 159 cm³/mol. The van der Waals surface area contributed by atoms with Crippen molar-refractivity contribution < 1.29 is 24.1 Å². The van der Waals surface area contributed by atoms with Gasteiger partial charge < -0.3 is 14.9 Å². The molecule has 1 fully saturated rings. The van der Waals surface area contributed by atoms with Crippen molar-refractivity contribution in [3.63, 3.8) is 0 Å². The van der Waals surface area contributed by atoms with Crippen LogP contribution in [0.4, 0.5) is 10.5 Å². The summed E-state index contributed by atoms with van der Waals surface area (Å²) in [4.78, 5) is 41.8. The first-order chi connectivity index (χ1) is 19.5. The van der Waals surface area contributed by atoms with Crippen LogP contribution in [0.25, 0.3) is 0 Å². The monoisotopic (exact) mass is 565 g/mol. The van der Waals surface area contributed by atoms with E-state index in [0.29, 0.717) is 29.2 Å². The van der Waals surface area contributed by atoms with E-state index in [1.165, 1.54) is 62.6 Å². The number of hydrogen-bond donors (Lipinski definition) is 1. The van der Waals surface area contributed by atoms with Crippen LogP contribution in [0.5, 0.6) is 0 Å². The number of hydrogen-bond acceptors (Lipinski definition) is 7. The number of rotatable bonds is 9. The normalized spacial score (nSPS) is 16.6. The van der Waals surface area contributed by atoms with E-state index in [2.05, 4.69) is 22.6 Å². The molecule has 9 heteroatoms. The lowest BCUT2D eigenvalue weighted by atomic mass is 9.85. The molecule has 0 aliphatic heterocycles. The maximum atomic E-state index is 13.2. The van der Waals surface area contributed by atoms with Gasteiger partial charge in [-0.2, -0.15) is 0 Å². The number of nitro benzene ring substituents is 1. The molecule has 1 saturated carbocycles. The summed E-state index contributed by atoms with van der Waals surface area (Å²) in [5.74, 6) is -0.455. The van der Waals surface area contributed by atoms with E-state index < -0.39 is 28.6 Å². The Labute approximate surface area is 242 Å². The highest BCUT2D eigenvalue weighted by Crippen LogP contribution is 2.31. The van der Waals surface area contributed by atoms with Crippen LogP contribution in [0.1, 0.15) is 109 Å². The molecule has 1 aliphatic carbocycles. The Kier molecular flexibility index (Phi) is 11.4. The van der Waals surface area contributed by atoms with E-state index in [1.807, 2.05) is 26.0 Å². The Balaban J connectivity index is 1.89. The lowest BCUT2D eigenvalue weighted by molar-refractivity contribution is -0.384. The summed E-state index contributed by atoms with van der Waals surface area (Å²) in [5.41, 5.74) is 2.12. The number of oxime groups is 1. The Morgan fingerprint density at radius 3 is 2.02 bits per heavy atom. The molecule has 1 unspecified atom stereocenters. The third-order valence-electron chi connectivity index (χ3n) is 7.48. The smallest absolute Gasteiger partial charge is 0.408 e. The minimum atomic E-state index is -0.974. The van der Waals surface area contributed by atoms with Crippen LogP contribution in [-0.4, -0.2) is 34.3 Å². The number of nitrogens with one attached hydrogen (secondary N) is 1. The highest BCUT2D eigenvalue weighted by molar-refractivity contribution is 6.13. The molecule has 41 heavy (non-hydrogen) atoms. The van der Waals surface area contributed by atoms with Crippen molar-refractivity contribution in [3.8, 4) is 0 Å². The van der Waals surface area contributed by atoms with Crippen LogP contribution in [0.3, 0.4) is 0 Å². The lowest BCUT2D eigenvalue weighted by Gasteiger charge is -2.25. The maximum Gasteiger partial charge on any atom is 0.408 e. The minimum Gasteiger partial charge on any atom is -0.444 e. The van der Waals surface area contributed by atoms with Gasteiger partial charge in [-0.3, -0.25) is 10.1 Å². The van der Waals surface area contributed by atoms with Crippen LogP contribution in [0.15, 0.2) is 53.7 Å². The first-order valence-electron chi connectivity index (χ1n) is 14.6. The molecule has 222 valence electrons. The third-order valence-corrected chi connectivity index (χ3v) is 7.48. The number of alkyl carbamates (subject to hydrolysis) is 1. The van der Waals surface area contributed by atoms with Crippen molar-refractivity contribution in [2.24, 2.45) is 11.1 Å². The molecule has 3 rings (SSSR count). The average Bonchev–Trinajstić information content (AvgIpc) is 2.91. The fourth-order valence-electron chi connectivity index (χ4n) is 4.97. The molecule has 0 spiro atoms. The second-order valence-electron chi connectivity index (χ2n) is 11.8. The Hall–Kier alpha value is -3.75. The average molecular weight is 566 g/mol. The summed E-state index contributed by atoms with van der Waals surface area (Å²) in [5, 5.41) is 18.1. The maximum absolute atomic E-state index is 13.2. The summed E-state index contributed by atoms with van der Waals surface area (Å²) in [7, 11) is 0. The van der Waals surface area contributed by atoms with Gasteiger partial charge in [-0.25, -0.2) is 9.59 Å². The van der Waals surface area contributed by atoms with Crippen LogP contribution >= 0.6 is 0 Å². The number of non-ortho nitro benzene ring substituents is 1. The molecule has 0 aromatic heterocycles. The molecule has 2 atom stereocenters. The molecule has 9 nitrogen and oxygen atoms in total. The van der Waals surface area contributed by atoms with Crippen LogP contribution < -0.4 is 5.32 Å². The second kappa shape index (κ2) is 14.8. The summed E-state index contributed by atoms with van der Waals surface area (Å²) in [6, 6.07) is 13.1. The van der Waals surface area contributed by atoms with Gasteiger partial charge in [0.25, 0.3) is 5.69 Å². The zero-order chi connectivity index (χ0) is 30.0. The number of amides is 1. The number of ether oxygens (including phenoxy) is 1. The Morgan fingerprint density at radius 1 is 0.976 bits per heavy atom. The fraction of sp³-hybridized carbons (Fsp3) is 0.531. The summed E-state index contributed by atoms with van der Waals surface area (Å²) in [6.07, 6.45) is 8.54. The third kappa shape index (κ3) is 9.69.